The maximum atomic E-state index is 11.6. The molecule has 3 nitrogen and oxygen atoms in total. The average Bonchev–Trinajstić information content (AvgIpc) is 3.07. The Balaban J connectivity index is 1.97. The van der Waals surface area contributed by atoms with E-state index in [4.69, 9.17) is 5.73 Å². The smallest absolute Gasteiger partial charge is 0.220 e. The van der Waals surface area contributed by atoms with Gasteiger partial charge in [-0.3, -0.25) is 4.79 Å². The van der Waals surface area contributed by atoms with Crippen molar-refractivity contribution in [3.63, 3.8) is 0 Å². The molecule has 1 amide bonds. The van der Waals surface area contributed by atoms with Crippen molar-refractivity contribution in [1.82, 2.24) is 5.32 Å². The van der Waals surface area contributed by atoms with Crippen LogP contribution in [-0.4, -0.2) is 5.91 Å². The topological polar surface area (TPSA) is 55.1 Å². The average molecular weight is 232 g/mol. The van der Waals surface area contributed by atoms with Crippen molar-refractivity contribution < 1.29 is 4.79 Å². The van der Waals surface area contributed by atoms with Crippen molar-refractivity contribution in [1.29, 1.82) is 0 Å². The number of rotatable bonds is 4. The van der Waals surface area contributed by atoms with Crippen LogP contribution in [0.15, 0.2) is 12.1 Å². The van der Waals surface area contributed by atoms with E-state index in [0.29, 0.717) is 18.9 Å². The number of amides is 1. The Morgan fingerprint density at radius 3 is 2.76 bits per heavy atom. The van der Waals surface area contributed by atoms with E-state index in [9.17, 15) is 4.79 Å². The quantitative estimate of drug-likeness (QED) is 0.783. The van der Waals surface area contributed by atoms with E-state index in [0.717, 1.165) is 16.8 Å². The van der Waals surface area contributed by atoms with E-state index in [-0.39, 0.29) is 5.91 Å². The summed E-state index contributed by atoms with van der Waals surface area (Å²) in [5.41, 5.74) is 10.1. The molecule has 0 unspecified atom stereocenters. The molecule has 1 aliphatic rings. The van der Waals surface area contributed by atoms with Crippen LogP contribution >= 0.6 is 0 Å². The van der Waals surface area contributed by atoms with Crippen molar-refractivity contribution in [2.24, 2.45) is 5.92 Å². The Labute approximate surface area is 102 Å². The Hall–Kier alpha value is -1.51. The molecule has 3 N–H and O–H groups in total. The number of aryl methyl sites for hydroxylation is 1. The molecule has 0 bridgehead atoms. The third kappa shape index (κ3) is 2.99. The predicted molar refractivity (Wildman–Crippen MR) is 69.5 cm³/mol. The molecular weight excluding hydrogens is 212 g/mol. The molecule has 0 radical (unpaired) electrons. The normalized spacial score (nSPS) is 14.7. The van der Waals surface area contributed by atoms with Gasteiger partial charge in [0.1, 0.15) is 0 Å². The van der Waals surface area contributed by atoms with E-state index < -0.39 is 0 Å². The first-order valence-electron chi connectivity index (χ1n) is 6.19. The number of nitrogens with two attached hydrogens (primary N) is 1. The Morgan fingerprint density at radius 2 is 2.12 bits per heavy atom. The first kappa shape index (κ1) is 12.0. The van der Waals surface area contributed by atoms with Crippen molar-refractivity contribution >= 4 is 11.6 Å². The summed E-state index contributed by atoms with van der Waals surface area (Å²) in [6, 6.07) is 3.92. The minimum Gasteiger partial charge on any atom is -0.399 e. The molecule has 0 spiro atoms. The van der Waals surface area contributed by atoms with Crippen molar-refractivity contribution in [2.75, 3.05) is 5.73 Å². The monoisotopic (exact) mass is 232 g/mol. The van der Waals surface area contributed by atoms with Gasteiger partial charge in [-0.2, -0.15) is 0 Å². The van der Waals surface area contributed by atoms with Gasteiger partial charge < -0.3 is 11.1 Å². The van der Waals surface area contributed by atoms with Crippen LogP contribution in [-0.2, 0) is 11.3 Å². The fourth-order valence-electron chi connectivity index (χ4n) is 2.03. The van der Waals surface area contributed by atoms with Gasteiger partial charge in [0.2, 0.25) is 5.91 Å². The molecule has 17 heavy (non-hydrogen) atoms. The molecular formula is C14H20N2O. The van der Waals surface area contributed by atoms with Gasteiger partial charge in [-0.15, -0.1) is 0 Å². The highest BCUT2D eigenvalue weighted by Gasteiger charge is 2.24. The van der Waals surface area contributed by atoms with Gasteiger partial charge in [0.05, 0.1) is 0 Å². The fraction of sp³-hybridized carbons (Fsp3) is 0.500. The molecule has 1 fully saturated rings. The second-order valence-corrected chi connectivity index (χ2v) is 5.00. The van der Waals surface area contributed by atoms with Crippen molar-refractivity contribution in [3.05, 3.63) is 28.8 Å². The zero-order chi connectivity index (χ0) is 12.4. The standard InChI is InChI=1S/C14H20N2O/c1-9-3-6-13(15)10(2)12(9)8-16-14(17)7-11-4-5-11/h3,6,11H,4-5,7-8,15H2,1-2H3,(H,16,17). The van der Waals surface area contributed by atoms with E-state index >= 15 is 0 Å². The van der Waals surface area contributed by atoms with Gasteiger partial charge in [-0.1, -0.05) is 6.07 Å². The van der Waals surface area contributed by atoms with Gasteiger partial charge in [0.25, 0.3) is 0 Å². The lowest BCUT2D eigenvalue weighted by Crippen LogP contribution is -2.24. The summed E-state index contributed by atoms with van der Waals surface area (Å²) in [4.78, 5) is 11.6. The molecule has 1 aromatic carbocycles. The summed E-state index contributed by atoms with van der Waals surface area (Å²) in [6.45, 7) is 4.65. The van der Waals surface area contributed by atoms with Crippen LogP contribution in [0.3, 0.4) is 0 Å². The second-order valence-electron chi connectivity index (χ2n) is 5.00. The summed E-state index contributed by atoms with van der Waals surface area (Å²) >= 11 is 0. The minimum atomic E-state index is 0.161. The predicted octanol–water partition coefficient (Wildman–Crippen LogP) is 2.30. The lowest BCUT2D eigenvalue weighted by molar-refractivity contribution is -0.121. The third-order valence-corrected chi connectivity index (χ3v) is 3.51. The summed E-state index contributed by atoms with van der Waals surface area (Å²) in [6.07, 6.45) is 3.11. The first-order chi connectivity index (χ1) is 8.08. The maximum Gasteiger partial charge on any atom is 0.220 e. The third-order valence-electron chi connectivity index (χ3n) is 3.51. The number of carbonyl (C=O) groups excluding carboxylic acids is 1. The molecule has 0 aliphatic heterocycles. The summed E-state index contributed by atoms with van der Waals surface area (Å²) < 4.78 is 0. The Bertz CT molecular complexity index is 436. The van der Waals surface area contributed by atoms with Crippen molar-refractivity contribution in [2.45, 2.75) is 39.7 Å². The Kier molecular flexibility index (Phi) is 3.36. The number of hydrogen-bond acceptors (Lipinski definition) is 2. The fourth-order valence-corrected chi connectivity index (χ4v) is 2.03. The van der Waals surface area contributed by atoms with Gasteiger partial charge >= 0.3 is 0 Å². The van der Waals surface area contributed by atoms with Crippen molar-refractivity contribution in [3.8, 4) is 0 Å². The number of carbonyl (C=O) groups is 1. The molecule has 1 aromatic rings. The number of nitrogen functional groups attached to an aromatic ring is 1. The van der Waals surface area contributed by atoms with Crippen LogP contribution in [0.4, 0.5) is 5.69 Å². The molecule has 92 valence electrons. The van der Waals surface area contributed by atoms with Crippen LogP contribution in [0.5, 0.6) is 0 Å². The van der Waals surface area contributed by atoms with Crippen LogP contribution in [0.2, 0.25) is 0 Å². The number of nitrogens with one attached hydrogen (secondary N) is 1. The van der Waals surface area contributed by atoms with Gasteiger partial charge in [0, 0.05) is 18.7 Å². The van der Waals surface area contributed by atoms with Gasteiger partial charge in [0.15, 0.2) is 0 Å². The summed E-state index contributed by atoms with van der Waals surface area (Å²) in [5.74, 6) is 0.798. The van der Waals surface area contributed by atoms with E-state index in [1.54, 1.807) is 0 Å². The molecule has 2 rings (SSSR count). The summed E-state index contributed by atoms with van der Waals surface area (Å²) in [7, 11) is 0. The van der Waals surface area contributed by atoms with E-state index in [2.05, 4.69) is 12.2 Å². The van der Waals surface area contributed by atoms with Crippen LogP contribution < -0.4 is 11.1 Å². The van der Waals surface area contributed by atoms with Crippen LogP contribution in [0.1, 0.15) is 36.0 Å². The zero-order valence-corrected chi connectivity index (χ0v) is 10.5. The number of hydrogen-bond donors (Lipinski definition) is 2. The lowest BCUT2D eigenvalue weighted by Gasteiger charge is -2.13. The minimum absolute atomic E-state index is 0.161. The SMILES string of the molecule is Cc1ccc(N)c(C)c1CNC(=O)CC1CC1. The number of benzene rings is 1. The molecule has 1 saturated carbocycles. The molecule has 1 aliphatic carbocycles. The highest BCUT2D eigenvalue weighted by Crippen LogP contribution is 2.32. The first-order valence-corrected chi connectivity index (χ1v) is 6.19. The number of anilines is 1. The molecule has 0 saturated heterocycles. The van der Waals surface area contributed by atoms with E-state index in [1.165, 1.54) is 18.4 Å². The lowest BCUT2D eigenvalue weighted by atomic mass is 10.0. The largest absolute Gasteiger partial charge is 0.399 e. The molecule has 3 heteroatoms. The van der Waals surface area contributed by atoms with Crippen LogP contribution in [0.25, 0.3) is 0 Å². The highest BCUT2D eigenvalue weighted by molar-refractivity contribution is 5.76. The molecule has 0 heterocycles. The van der Waals surface area contributed by atoms with Crippen LogP contribution in [0, 0.1) is 19.8 Å². The summed E-state index contributed by atoms with van der Waals surface area (Å²) in [5, 5.41) is 2.98. The highest BCUT2D eigenvalue weighted by atomic mass is 16.1. The Morgan fingerprint density at radius 1 is 1.41 bits per heavy atom. The molecule has 0 atom stereocenters. The zero-order valence-electron chi connectivity index (χ0n) is 10.5. The van der Waals surface area contributed by atoms with Gasteiger partial charge in [-0.05, 0) is 55.4 Å². The van der Waals surface area contributed by atoms with Gasteiger partial charge in [-0.25, -0.2) is 0 Å². The van der Waals surface area contributed by atoms with E-state index in [1.807, 2.05) is 19.1 Å². The molecule has 0 aromatic heterocycles. The second kappa shape index (κ2) is 4.78. The maximum absolute atomic E-state index is 11.6.